The molecule has 0 aromatic heterocycles. The van der Waals surface area contributed by atoms with Gasteiger partial charge in [-0.25, -0.2) is 9.18 Å². The van der Waals surface area contributed by atoms with Crippen LogP contribution < -0.4 is 4.74 Å². The number of ether oxygens (including phenoxy) is 2. The molecule has 0 heterocycles. The lowest BCUT2D eigenvalue weighted by atomic mass is 9.89. The summed E-state index contributed by atoms with van der Waals surface area (Å²) in [5.41, 5.74) is -0.981. The quantitative estimate of drug-likeness (QED) is 0.528. The first kappa shape index (κ1) is 20.0. The third kappa shape index (κ3) is 4.67. The van der Waals surface area contributed by atoms with Crippen molar-refractivity contribution in [1.82, 2.24) is 0 Å². The molecule has 0 saturated carbocycles. The summed E-state index contributed by atoms with van der Waals surface area (Å²) in [6.07, 6.45) is 0. The van der Waals surface area contributed by atoms with Crippen LogP contribution in [0.15, 0.2) is 58.8 Å². The van der Waals surface area contributed by atoms with Crippen molar-refractivity contribution in [2.75, 3.05) is 7.11 Å². The molecule has 0 bridgehead atoms. The Morgan fingerprint density at radius 1 is 1.26 bits per heavy atom. The van der Waals surface area contributed by atoms with Crippen LogP contribution in [0.3, 0.4) is 0 Å². The molecule has 2 aromatic carbocycles. The van der Waals surface area contributed by atoms with Crippen molar-refractivity contribution in [1.29, 1.82) is 5.26 Å². The van der Waals surface area contributed by atoms with Crippen LogP contribution in [0.5, 0.6) is 5.75 Å². The molecule has 0 aliphatic carbocycles. The number of carbonyl (C=O) groups excluding carboxylic acids is 1. The third-order valence-electron chi connectivity index (χ3n) is 3.99. The fraction of sp³-hybridized carbons (Fsp3) is 0.300. The molecule has 0 spiro atoms. The van der Waals surface area contributed by atoms with E-state index in [0.717, 1.165) is 12.7 Å². The van der Waals surface area contributed by atoms with Crippen LogP contribution in [0, 0.1) is 23.1 Å². The van der Waals surface area contributed by atoms with Gasteiger partial charge in [0.25, 0.3) is 5.54 Å². The Labute approximate surface area is 157 Å². The molecular weight excluding hydrogens is 349 g/mol. The number of benzene rings is 2. The Bertz CT molecular complexity index is 863. The van der Waals surface area contributed by atoms with Crippen molar-refractivity contribution in [2.45, 2.75) is 26.0 Å². The highest BCUT2D eigenvalue weighted by atomic mass is 19.1. The normalized spacial score (nSPS) is 13.2. The fourth-order valence-corrected chi connectivity index (χ4v) is 2.28. The minimum atomic E-state index is -1.83. The maximum absolute atomic E-state index is 14.3. The van der Waals surface area contributed by atoms with E-state index in [1.807, 2.05) is 36.4 Å². The van der Waals surface area contributed by atoms with Gasteiger partial charge in [-0.15, -0.1) is 0 Å². The van der Waals surface area contributed by atoms with Crippen LogP contribution in [-0.2, 0) is 16.1 Å². The van der Waals surface area contributed by atoms with E-state index < -0.39 is 23.2 Å². The van der Waals surface area contributed by atoms with Gasteiger partial charge in [0.2, 0.25) is 0 Å². The van der Waals surface area contributed by atoms with E-state index in [1.165, 1.54) is 12.1 Å². The second-order valence-corrected chi connectivity index (χ2v) is 6.11. The molecule has 1 unspecified atom stereocenters. The first-order valence-corrected chi connectivity index (χ1v) is 8.31. The van der Waals surface area contributed by atoms with Crippen LogP contribution in [0.2, 0.25) is 0 Å². The zero-order valence-electron chi connectivity index (χ0n) is 15.3. The number of azo groups is 1. The number of hydrogen-bond acceptors (Lipinski definition) is 6. The second kappa shape index (κ2) is 8.90. The SMILES string of the molecule is COC(=O)C(C#N)(N=Nc1ccc(OCc2ccccc2)cc1F)C(C)C. The van der Waals surface area contributed by atoms with Crippen molar-refractivity contribution in [3.63, 3.8) is 0 Å². The molecule has 27 heavy (non-hydrogen) atoms. The number of halogens is 1. The predicted octanol–water partition coefficient (Wildman–Crippen LogP) is 4.58. The van der Waals surface area contributed by atoms with E-state index in [9.17, 15) is 14.4 Å². The molecule has 140 valence electrons. The molecule has 0 fully saturated rings. The van der Waals surface area contributed by atoms with Crippen LogP contribution >= 0.6 is 0 Å². The van der Waals surface area contributed by atoms with Gasteiger partial charge in [0.05, 0.1) is 7.11 Å². The molecule has 7 heteroatoms. The first-order chi connectivity index (χ1) is 12.9. The summed E-state index contributed by atoms with van der Waals surface area (Å²) in [4.78, 5) is 12.0. The van der Waals surface area contributed by atoms with Crippen LogP contribution in [-0.4, -0.2) is 18.6 Å². The zero-order chi connectivity index (χ0) is 19.9. The molecule has 0 aliphatic rings. The average Bonchev–Trinajstić information content (AvgIpc) is 2.68. The number of rotatable bonds is 7. The topological polar surface area (TPSA) is 84.0 Å². The van der Waals surface area contributed by atoms with Gasteiger partial charge in [-0.2, -0.15) is 15.5 Å². The number of hydrogen-bond donors (Lipinski definition) is 0. The zero-order valence-corrected chi connectivity index (χ0v) is 15.3. The number of nitrogens with zero attached hydrogens (tertiary/aromatic N) is 3. The van der Waals surface area contributed by atoms with Crippen molar-refractivity contribution in [2.24, 2.45) is 16.1 Å². The molecule has 0 aliphatic heterocycles. The van der Waals surface area contributed by atoms with Crippen molar-refractivity contribution >= 4 is 11.7 Å². The summed E-state index contributed by atoms with van der Waals surface area (Å²) in [5.74, 6) is -1.69. The molecule has 0 radical (unpaired) electrons. The van der Waals surface area contributed by atoms with Gasteiger partial charge in [-0.1, -0.05) is 44.2 Å². The molecule has 2 rings (SSSR count). The molecular formula is C20H20FN3O3. The lowest BCUT2D eigenvalue weighted by Crippen LogP contribution is -2.41. The predicted molar refractivity (Wildman–Crippen MR) is 96.9 cm³/mol. The second-order valence-electron chi connectivity index (χ2n) is 6.11. The van der Waals surface area contributed by atoms with E-state index in [0.29, 0.717) is 12.4 Å². The Hall–Kier alpha value is -3.27. The monoisotopic (exact) mass is 369 g/mol. The smallest absolute Gasteiger partial charge is 0.350 e. The standard InChI is InChI=1S/C20H20FN3O3/c1-14(2)20(13-22,19(25)26-3)24-23-18-10-9-16(11-17(18)21)27-12-15-7-5-4-6-8-15/h4-11,14H,12H2,1-3H3. The molecule has 0 saturated heterocycles. The van der Waals surface area contributed by atoms with Gasteiger partial charge in [0, 0.05) is 12.0 Å². The molecule has 2 aromatic rings. The summed E-state index contributed by atoms with van der Waals surface area (Å²) in [6, 6.07) is 15.4. The maximum atomic E-state index is 14.3. The Kier molecular flexibility index (Phi) is 6.61. The molecule has 0 N–H and O–H groups in total. The lowest BCUT2D eigenvalue weighted by molar-refractivity contribution is -0.146. The van der Waals surface area contributed by atoms with Crippen molar-refractivity contribution in [3.05, 3.63) is 59.9 Å². The van der Waals surface area contributed by atoms with Gasteiger partial charge in [-0.05, 0) is 17.7 Å². The summed E-state index contributed by atoms with van der Waals surface area (Å²) in [5, 5.41) is 17.0. The van der Waals surface area contributed by atoms with Gasteiger partial charge >= 0.3 is 5.97 Å². The highest BCUT2D eigenvalue weighted by Crippen LogP contribution is 2.29. The van der Waals surface area contributed by atoms with Crippen LogP contribution in [0.4, 0.5) is 10.1 Å². The van der Waals surface area contributed by atoms with E-state index in [2.05, 4.69) is 15.0 Å². The highest BCUT2D eigenvalue weighted by Gasteiger charge is 2.44. The number of esters is 1. The van der Waals surface area contributed by atoms with Crippen LogP contribution in [0.25, 0.3) is 0 Å². The van der Waals surface area contributed by atoms with Crippen molar-refractivity contribution < 1.29 is 18.7 Å². The summed E-state index contributed by atoms with van der Waals surface area (Å²) in [6.45, 7) is 3.57. The first-order valence-electron chi connectivity index (χ1n) is 8.31. The largest absolute Gasteiger partial charge is 0.489 e. The minimum absolute atomic E-state index is 0.105. The minimum Gasteiger partial charge on any atom is -0.489 e. The Morgan fingerprint density at radius 3 is 2.52 bits per heavy atom. The maximum Gasteiger partial charge on any atom is 0.350 e. The number of nitriles is 1. The summed E-state index contributed by atoms with van der Waals surface area (Å²) < 4.78 is 24.5. The average molecular weight is 369 g/mol. The Balaban J connectivity index is 2.18. The third-order valence-corrected chi connectivity index (χ3v) is 3.99. The molecule has 6 nitrogen and oxygen atoms in total. The number of carbonyl (C=O) groups is 1. The van der Waals surface area contributed by atoms with E-state index >= 15 is 0 Å². The van der Waals surface area contributed by atoms with Gasteiger partial charge < -0.3 is 9.47 Å². The van der Waals surface area contributed by atoms with Crippen LogP contribution in [0.1, 0.15) is 19.4 Å². The van der Waals surface area contributed by atoms with Gasteiger partial charge in [-0.3, -0.25) is 0 Å². The van der Waals surface area contributed by atoms with E-state index in [-0.39, 0.29) is 5.69 Å². The van der Waals surface area contributed by atoms with Gasteiger partial charge in [0.15, 0.2) is 5.82 Å². The summed E-state index contributed by atoms with van der Waals surface area (Å²) >= 11 is 0. The van der Waals surface area contributed by atoms with E-state index in [1.54, 1.807) is 19.9 Å². The molecule has 1 atom stereocenters. The fourth-order valence-electron chi connectivity index (χ4n) is 2.28. The lowest BCUT2D eigenvalue weighted by Gasteiger charge is -2.21. The Morgan fingerprint density at radius 2 is 1.96 bits per heavy atom. The van der Waals surface area contributed by atoms with Gasteiger partial charge in [0.1, 0.15) is 24.1 Å². The summed E-state index contributed by atoms with van der Waals surface area (Å²) in [7, 11) is 1.16. The highest BCUT2D eigenvalue weighted by molar-refractivity contribution is 5.84. The molecule has 0 amide bonds. The van der Waals surface area contributed by atoms with E-state index in [4.69, 9.17) is 4.74 Å². The van der Waals surface area contributed by atoms with Crippen molar-refractivity contribution in [3.8, 4) is 11.8 Å². The number of methoxy groups -OCH3 is 1.